The first kappa shape index (κ1) is 25.0. The summed E-state index contributed by atoms with van der Waals surface area (Å²) < 4.78 is 0. The summed E-state index contributed by atoms with van der Waals surface area (Å²) in [6.07, 6.45) is 4.62. The van der Waals surface area contributed by atoms with E-state index in [9.17, 15) is 0 Å². The lowest BCUT2D eigenvalue weighted by molar-refractivity contribution is 0.0408. The van der Waals surface area contributed by atoms with Gasteiger partial charge in [-0.3, -0.25) is 4.90 Å². The van der Waals surface area contributed by atoms with E-state index in [2.05, 4.69) is 95.0 Å². The molecule has 2 unspecified atom stereocenters. The van der Waals surface area contributed by atoms with Crippen LogP contribution in [0.25, 0.3) is 0 Å². The highest BCUT2D eigenvalue weighted by Gasteiger charge is 2.40. The lowest BCUT2D eigenvalue weighted by atomic mass is 9.67. The molecule has 1 saturated carbocycles. The summed E-state index contributed by atoms with van der Waals surface area (Å²) >= 11 is 0. The van der Waals surface area contributed by atoms with Crippen molar-refractivity contribution in [2.24, 2.45) is 29.4 Å². The van der Waals surface area contributed by atoms with Crippen LogP contribution in [0.2, 0.25) is 0 Å². The van der Waals surface area contributed by atoms with Crippen LogP contribution in [0.5, 0.6) is 0 Å². The van der Waals surface area contributed by atoms with Crippen molar-refractivity contribution < 1.29 is 0 Å². The molecule has 32 heavy (non-hydrogen) atoms. The Labute approximate surface area is 197 Å². The van der Waals surface area contributed by atoms with Gasteiger partial charge in [-0.2, -0.15) is 0 Å². The summed E-state index contributed by atoms with van der Waals surface area (Å²) in [4.78, 5) is 2.75. The average molecular weight is 435 g/mol. The van der Waals surface area contributed by atoms with Gasteiger partial charge in [-0.1, -0.05) is 90.1 Å². The Morgan fingerprint density at radius 2 is 1.03 bits per heavy atom. The second kappa shape index (κ2) is 11.5. The highest BCUT2D eigenvalue weighted by Crippen LogP contribution is 2.39. The van der Waals surface area contributed by atoms with Crippen LogP contribution in [0, 0.1) is 23.7 Å². The van der Waals surface area contributed by atoms with E-state index in [-0.39, 0.29) is 0 Å². The van der Waals surface area contributed by atoms with Crippen LogP contribution in [0.3, 0.4) is 0 Å². The van der Waals surface area contributed by atoms with Gasteiger partial charge in [0, 0.05) is 25.2 Å². The first-order chi connectivity index (χ1) is 15.3. The molecule has 176 valence electrons. The Hall–Kier alpha value is -1.64. The average Bonchev–Trinajstić information content (AvgIpc) is 2.79. The molecule has 2 atom stereocenters. The topological polar surface area (TPSA) is 29.3 Å². The normalized spacial score (nSPS) is 23.9. The fourth-order valence-corrected chi connectivity index (χ4v) is 5.63. The number of benzene rings is 2. The van der Waals surface area contributed by atoms with Gasteiger partial charge in [0.2, 0.25) is 0 Å². The second-order valence-electron chi connectivity index (χ2n) is 10.8. The van der Waals surface area contributed by atoms with Crippen LogP contribution in [0.15, 0.2) is 48.5 Å². The fraction of sp³-hybridized carbons (Fsp3) is 0.600. The zero-order valence-corrected chi connectivity index (χ0v) is 21.4. The summed E-state index contributed by atoms with van der Waals surface area (Å²) in [7, 11) is 0. The quantitative estimate of drug-likeness (QED) is 0.468. The minimum absolute atomic E-state index is 0.320. The predicted molar refractivity (Wildman–Crippen MR) is 139 cm³/mol. The van der Waals surface area contributed by atoms with Crippen LogP contribution in [0.1, 0.15) is 76.6 Å². The van der Waals surface area contributed by atoms with E-state index in [0.29, 0.717) is 35.8 Å². The number of nitrogens with zero attached hydrogens (tertiary/aromatic N) is 1. The van der Waals surface area contributed by atoms with Gasteiger partial charge in [0.25, 0.3) is 0 Å². The van der Waals surface area contributed by atoms with E-state index in [1.807, 2.05) is 0 Å². The number of hydrogen-bond acceptors (Lipinski definition) is 2. The van der Waals surface area contributed by atoms with Gasteiger partial charge in [0.15, 0.2) is 0 Å². The van der Waals surface area contributed by atoms with Crippen LogP contribution >= 0.6 is 0 Å². The summed E-state index contributed by atoms with van der Waals surface area (Å²) in [5.41, 5.74) is 12.5. The number of rotatable bonds is 9. The number of hydrogen-bond donors (Lipinski definition) is 1. The third-order valence-corrected chi connectivity index (χ3v) is 7.94. The minimum atomic E-state index is 0.320. The molecule has 0 saturated heterocycles. The summed E-state index contributed by atoms with van der Waals surface area (Å²) in [6.45, 7) is 15.9. The standard InChI is InChI=1S/C30H46N2/c1-7-23-9-13-25(14-10-23)19-32(20-26-15-11-24(8-2)12-16-26)27-17-28(21(3)4)30(31)29(18-27)22(5)6/h9-16,21-22,27-30H,7-8,17-20,31H2,1-6H3. The van der Waals surface area contributed by atoms with Gasteiger partial charge in [-0.05, 0) is 71.6 Å². The van der Waals surface area contributed by atoms with E-state index < -0.39 is 0 Å². The Morgan fingerprint density at radius 1 is 0.688 bits per heavy atom. The maximum absolute atomic E-state index is 6.84. The lowest BCUT2D eigenvalue weighted by Crippen LogP contribution is -2.52. The van der Waals surface area contributed by atoms with E-state index in [0.717, 1.165) is 25.9 Å². The molecule has 0 radical (unpaired) electrons. The van der Waals surface area contributed by atoms with Crippen molar-refractivity contribution in [3.63, 3.8) is 0 Å². The lowest BCUT2D eigenvalue weighted by Gasteiger charge is -2.47. The van der Waals surface area contributed by atoms with Gasteiger partial charge < -0.3 is 5.73 Å². The summed E-state index contributed by atoms with van der Waals surface area (Å²) in [5, 5.41) is 0. The summed E-state index contributed by atoms with van der Waals surface area (Å²) in [5.74, 6) is 2.44. The fourth-order valence-electron chi connectivity index (χ4n) is 5.63. The maximum Gasteiger partial charge on any atom is 0.0240 e. The molecule has 2 heteroatoms. The Balaban J connectivity index is 1.87. The van der Waals surface area contributed by atoms with E-state index in [1.54, 1.807) is 0 Å². The van der Waals surface area contributed by atoms with Crippen molar-refractivity contribution in [2.75, 3.05) is 0 Å². The molecule has 1 aliphatic carbocycles. The molecule has 0 aromatic heterocycles. The molecule has 1 fully saturated rings. The third kappa shape index (κ3) is 6.23. The zero-order valence-electron chi connectivity index (χ0n) is 21.4. The van der Waals surface area contributed by atoms with Crippen LogP contribution in [0.4, 0.5) is 0 Å². The van der Waals surface area contributed by atoms with Crippen LogP contribution in [-0.4, -0.2) is 17.0 Å². The van der Waals surface area contributed by atoms with Gasteiger partial charge in [0.1, 0.15) is 0 Å². The van der Waals surface area contributed by atoms with Gasteiger partial charge in [-0.25, -0.2) is 0 Å². The van der Waals surface area contributed by atoms with Crippen LogP contribution in [-0.2, 0) is 25.9 Å². The van der Waals surface area contributed by atoms with Crippen molar-refractivity contribution in [2.45, 2.75) is 92.4 Å². The molecular formula is C30H46N2. The predicted octanol–water partition coefficient (Wildman–Crippen LogP) is 6.85. The van der Waals surface area contributed by atoms with Crippen molar-refractivity contribution in [1.82, 2.24) is 4.90 Å². The highest BCUT2D eigenvalue weighted by molar-refractivity contribution is 5.24. The van der Waals surface area contributed by atoms with E-state index >= 15 is 0 Å². The molecule has 2 aromatic carbocycles. The first-order valence-electron chi connectivity index (χ1n) is 13.0. The molecule has 2 N–H and O–H groups in total. The second-order valence-corrected chi connectivity index (χ2v) is 10.8. The monoisotopic (exact) mass is 434 g/mol. The van der Waals surface area contributed by atoms with Crippen molar-refractivity contribution in [3.8, 4) is 0 Å². The smallest absolute Gasteiger partial charge is 0.0240 e. The minimum Gasteiger partial charge on any atom is -0.327 e. The summed E-state index contributed by atoms with van der Waals surface area (Å²) in [6, 6.07) is 19.4. The zero-order chi connectivity index (χ0) is 23.3. The van der Waals surface area contributed by atoms with Gasteiger partial charge in [-0.15, -0.1) is 0 Å². The molecular weight excluding hydrogens is 388 g/mol. The molecule has 1 aliphatic rings. The Bertz CT molecular complexity index is 738. The molecule has 0 heterocycles. The Morgan fingerprint density at radius 3 is 1.34 bits per heavy atom. The molecule has 3 rings (SSSR count). The Kier molecular flexibility index (Phi) is 8.96. The maximum atomic E-state index is 6.84. The van der Waals surface area contributed by atoms with E-state index in [4.69, 9.17) is 5.73 Å². The SMILES string of the molecule is CCc1ccc(CN(Cc2ccc(CC)cc2)C2CC(C(C)C)C(N)C(C(C)C)C2)cc1. The highest BCUT2D eigenvalue weighted by atomic mass is 15.2. The molecule has 0 spiro atoms. The van der Waals surface area contributed by atoms with Crippen LogP contribution < -0.4 is 5.73 Å². The first-order valence-corrected chi connectivity index (χ1v) is 13.0. The molecule has 0 bridgehead atoms. The molecule has 0 aliphatic heterocycles. The molecule has 2 nitrogen and oxygen atoms in total. The van der Waals surface area contributed by atoms with Gasteiger partial charge in [0.05, 0.1) is 0 Å². The van der Waals surface area contributed by atoms with Crippen molar-refractivity contribution in [1.29, 1.82) is 0 Å². The molecule has 0 amide bonds. The third-order valence-electron chi connectivity index (χ3n) is 7.94. The van der Waals surface area contributed by atoms with Crippen molar-refractivity contribution in [3.05, 3.63) is 70.8 Å². The largest absolute Gasteiger partial charge is 0.327 e. The molecule has 2 aromatic rings. The van der Waals surface area contributed by atoms with E-state index in [1.165, 1.54) is 35.1 Å². The number of nitrogens with two attached hydrogens (primary N) is 1. The number of aryl methyl sites for hydroxylation is 2. The van der Waals surface area contributed by atoms with Gasteiger partial charge >= 0.3 is 0 Å². The van der Waals surface area contributed by atoms with Crippen molar-refractivity contribution >= 4 is 0 Å².